The van der Waals surface area contributed by atoms with Gasteiger partial charge in [-0.25, -0.2) is 14.8 Å². The van der Waals surface area contributed by atoms with Gasteiger partial charge in [0.05, 0.1) is 34.0 Å². The molecule has 1 unspecified atom stereocenters. The summed E-state index contributed by atoms with van der Waals surface area (Å²) in [6, 6.07) is 32.4. The van der Waals surface area contributed by atoms with Crippen LogP contribution in [0.25, 0.3) is 21.1 Å². The summed E-state index contributed by atoms with van der Waals surface area (Å²) in [7, 11) is 1.94. The number of amides is 3. The van der Waals surface area contributed by atoms with Gasteiger partial charge in [0.1, 0.15) is 11.6 Å². The number of anilines is 2. The number of pyridine rings is 1. The molecule has 3 aromatic heterocycles. The molecule has 3 saturated heterocycles. The molecular formula is C57H61N9O6S. The van der Waals surface area contributed by atoms with Crippen molar-refractivity contribution in [3.63, 3.8) is 0 Å². The quantitative estimate of drug-likeness (QED) is 0.0624. The van der Waals surface area contributed by atoms with E-state index in [1.165, 1.54) is 35.3 Å². The van der Waals surface area contributed by atoms with Crippen molar-refractivity contribution in [2.24, 2.45) is 13.0 Å². The maximum Gasteiger partial charge on any atom is 0.354 e. The fourth-order valence-corrected chi connectivity index (χ4v) is 12.3. The van der Waals surface area contributed by atoms with Crippen LogP contribution in [0.3, 0.4) is 0 Å². The highest BCUT2D eigenvalue weighted by molar-refractivity contribution is 7.22. The zero-order chi connectivity index (χ0) is 50.0. The van der Waals surface area contributed by atoms with Crippen LogP contribution >= 0.6 is 11.3 Å². The molecule has 376 valence electrons. The smallest absolute Gasteiger partial charge is 0.354 e. The summed E-state index contributed by atoms with van der Waals surface area (Å²) in [6.45, 7) is 8.10. The first kappa shape index (κ1) is 48.3. The lowest BCUT2D eigenvalue weighted by Crippen LogP contribution is -2.39. The van der Waals surface area contributed by atoms with Crippen LogP contribution in [-0.2, 0) is 42.4 Å². The number of benzene rings is 4. The highest BCUT2D eigenvalue weighted by atomic mass is 32.1. The number of fused-ring (bicyclic) bond motifs is 3. The number of aromatic nitrogens is 4. The van der Waals surface area contributed by atoms with Gasteiger partial charge < -0.3 is 24.5 Å². The van der Waals surface area contributed by atoms with E-state index in [1.807, 2.05) is 83.4 Å². The number of likely N-dealkylation sites (tertiary alicyclic amines) is 2. The second-order valence-electron chi connectivity index (χ2n) is 20.2. The van der Waals surface area contributed by atoms with Crippen molar-refractivity contribution in [2.75, 3.05) is 62.6 Å². The van der Waals surface area contributed by atoms with Crippen LogP contribution in [-0.4, -0.2) is 111 Å². The topological polar surface area (TPSA) is 175 Å². The first-order chi connectivity index (χ1) is 35.6. The Morgan fingerprint density at radius 3 is 2.51 bits per heavy atom. The first-order valence-corrected chi connectivity index (χ1v) is 26.6. The standard InChI is InChI=1S/C57H61N9O6S/c1-63-48-33-40(13-17-44(48)53(62-63)45-18-20-51(67)60-55(45)69)41-23-27-65(34-41)30-29-64-25-21-37(22-26-64)32-36-11-15-42(16-12-36)72-31-5-7-39-14-19-50(59-52(39)56(70)71)66-28-24-38-6-4-8-43(46(38)35-66)54(68)61-57-58-47-9-2-3-10-49(47)73-57/h2-4,6,8-17,19,33,37,41,45H,5,7,18,20-32,34-35H2,1H3,(H,70,71)(H,58,61,68)(H,60,67,69)/t41-,45?/m1/s1. The van der Waals surface area contributed by atoms with Crippen molar-refractivity contribution in [1.82, 2.24) is 34.9 Å². The molecule has 0 saturated carbocycles. The molecule has 3 N–H and O–H groups in total. The van der Waals surface area contributed by atoms with Gasteiger partial charge in [0, 0.05) is 57.1 Å². The van der Waals surface area contributed by atoms with E-state index >= 15 is 0 Å². The summed E-state index contributed by atoms with van der Waals surface area (Å²) < 4.78 is 9.01. The average Bonchev–Trinajstić information content (AvgIpc) is 4.14. The lowest BCUT2D eigenvalue weighted by Gasteiger charge is -2.33. The predicted octanol–water partition coefficient (Wildman–Crippen LogP) is 8.37. The number of piperidine rings is 2. The highest BCUT2D eigenvalue weighted by Crippen LogP contribution is 2.35. The zero-order valence-electron chi connectivity index (χ0n) is 41.2. The Labute approximate surface area is 428 Å². The molecule has 0 spiro atoms. The number of carbonyl (C=O) groups is 4. The Morgan fingerprint density at radius 1 is 0.863 bits per heavy atom. The Bertz CT molecular complexity index is 3170. The molecule has 16 heteroatoms. The molecule has 73 heavy (non-hydrogen) atoms. The summed E-state index contributed by atoms with van der Waals surface area (Å²) in [6.07, 6.45) is 7.28. The largest absolute Gasteiger partial charge is 0.494 e. The van der Waals surface area contributed by atoms with Crippen molar-refractivity contribution < 1.29 is 29.0 Å². The second-order valence-corrected chi connectivity index (χ2v) is 21.2. The zero-order valence-corrected chi connectivity index (χ0v) is 42.0. The van der Waals surface area contributed by atoms with Crippen molar-refractivity contribution in [3.8, 4) is 5.75 Å². The van der Waals surface area contributed by atoms with Crippen LogP contribution < -0.4 is 20.3 Å². The Balaban J connectivity index is 0.605. The van der Waals surface area contributed by atoms with Gasteiger partial charge in [0.15, 0.2) is 10.8 Å². The summed E-state index contributed by atoms with van der Waals surface area (Å²) in [5, 5.41) is 22.0. The maximum absolute atomic E-state index is 13.6. The number of hydrogen-bond acceptors (Lipinski definition) is 12. The maximum atomic E-state index is 13.6. The number of carboxylic acids is 1. The van der Waals surface area contributed by atoms with E-state index in [9.17, 15) is 24.3 Å². The van der Waals surface area contributed by atoms with Crippen molar-refractivity contribution in [1.29, 1.82) is 0 Å². The van der Waals surface area contributed by atoms with Gasteiger partial charge in [-0.2, -0.15) is 5.10 Å². The molecule has 4 aromatic carbocycles. The molecule has 0 radical (unpaired) electrons. The number of imide groups is 1. The van der Waals surface area contributed by atoms with Crippen LogP contribution in [0.4, 0.5) is 10.9 Å². The van der Waals surface area contributed by atoms with Gasteiger partial charge in [-0.05, 0) is 153 Å². The normalized spacial score (nSPS) is 18.8. The average molecular weight is 1000 g/mol. The lowest BCUT2D eigenvalue weighted by molar-refractivity contribution is -0.134. The minimum atomic E-state index is -1.06. The first-order valence-electron chi connectivity index (χ1n) is 25.8. The number of aromatic carboxylic acids is 1. The number of ether oxygens (including phenoxy) is 1. The number of rotatable bonds is 16. The Hall–Kier alpha value is -7.01. The number of nitrogens with zero attached hydrogens (tertiary/aromatic N) is 7. The number of thiazole rings is 1. The van der Waals surface area contributed by atoms with Crippen LogP contribution in [0.15, 0.2) is 97.1 Å². The van der Waals surface area contributed by atoms with Gasteiger partial charge >= 0.3 is 5.97 Å². The molecule has 11 rings (SSSR count). The van der Waals surface area contributed by atoms with Crippen LogP contribution in [0.5, 0.6) is 5.75 Å². The number of hydrogen-bond donors (Lipinski definition) is 3. The summed E-state index contributed by atoms with van der Waals surface area (Å²) in [5.41, 5.74) is 8.58. The molecule has 7 aromatic rings. The summed E-state index contributed by atoms with van der Waals surface area (Å²) in [5.74, 6) is 0.379. The number of para-hydroxylation sites is 1. The third-order valence-electron chi connectivity index (χ3n) is 15.5. The molecule has 4 aliphatic heterocycles. The van der Waals surface area contributed by atoms with Crippen molar-refractivity contribution >= 4 is 67.1 Å². The Kier molecular flexibility index (Phi) is 14.0. The third kappa shape index (κ3) is 10.7. The van der Waals surface area contributed by atoms with Crippen LogP contribution in [0.1, 0.15) is 105 Å². The predicted molar refractivity (Wildman–Crippen MR) is 283 cm³/mol. The van der Waals surface area contributed by atoms with Crippen molar-refractivity contribution in [2.45, 2.75) is 76.2 Å². The molecule has 2 atom stereocenters. The van der Waals surface area contributed by atoms with E-state index < -0.39 is 11.9 Å². The summed E-state index contributed by atoms with van der Waals surface area (Å²) >= 11 is 1.44. The molecule has 7 heterocycles. The SMILES string of the molecule is Cn1nc(C2CCC(=O)NC2=O)c2ccc([C@@H]3CCN(CCN4CCC(Cc5ccc(OCCCc6ccc(N7CCc8cccc(C(=O)Nc9nc%10ccccc%10s9)c8C7)nc6C(=O)O)cc5)CC4)C3)cc21. The van der Waals surface area contributed by atoms with Crippen LogP contribution in [0, 0.1) is 5.92 Å². The van der Waals surface area contributed by atoms with Gasteiger partial charge in [-0.1, -0.05) is 65.9 Å². The molecule has 4 aliphatic rings. The molecule has 3 amide bonds. The molecule has 15 nitrogen and oxygen atoms in total. The van der Waals surface area contributed by atoms with E-state index in [2.05, 4.69) is 60.7 Å². The second kappa shape index (κ2) is 21.2. The third-order valence-corrected chi connectivity index (χ3v) is 16.4. The molecule has 3 fully saturated rings. The minimum Gasteiger partial charge on any atom is -0.494 e. The van der Waals surface area contributed by atoms with E-state index in [0.29, 0.717) is 85.7 Å². The van der Waals surface area contributed by atoms with Gasteiger partial charge in [-0.3, -0.25) is 29.7 Å². The number of carbonyl (C=O) groups excluding carboxylic acids is 3. The number of nitrogens with one attached hydrogen (secondary N) is 2. The number of aryl methyl sites for hydroxylation is 2. The summed E-state index contributed by atoms with van der Waals surface area (Å²) in [4.78, 5) is 66.9. The lowest BCUT2D eigenvalue weighted by atomic mass is 9.90. The van der Waals surface area contributed by atoms with E-state index in [4.69, 9.17) is 9.84 Å². The van der Waals surface area contributed by atoms with Gasteiger partial charge in [-0.15, -0.1) is 0 Å². The highest BCUT2D eigenvalue weighted by Gasteiger charge is 2.33. The fourth-order valence-electron chi connectivity index (χ4n) is 11.4. The monoisotopic (exact) mass is 999 g/mol. The van der Waals surface area contributed by atoms with E-state index in [-0.39, 0.29) is 23.4 Å². The van der Waals surface area contributed by atoms with Gasteiger partial charge in [0.25, 0.3) is 5.91 Å². The molecule has 0 aliphatic carbocycles. The number of carboxylic acid groups (broad SMARTS) is 1. The molecule has 0 bridgehead atoms. The molecular weight excluding hydrogens is 939 g/mol. The van der Waals surface area contributed by atoms with E-state index in [0.717, 1.165) is 95.8 Å². The van der Waals surface area contributed by atoms with Crippen LogP contribution in [0.2, 0.25) is 0 Å². The minimum absolute atomic E-state index is 0.0443. The van der Waals surface area contributed by atoms with E-state index in [1.54, 1.807) is 0 Å². The Morgan fingerprint density at radius 2 is 1.68 bits per heavy atom. The fraction of sp³-hybridized carbons (Fsp3) is 0.386. The van der Waals surface area contributed by atoms with Crippen molar-refractivity contribution in [3.05, 3.63) is 142 Å². The van der Waals surface area contributed by atoms with Gasteiger partial charge in [0.2, 0.25) is 11.8 Å².